The normalized spacial score (nSPS) is 11.1. The Hall–Kier alpha value is -4.54. The number of hydrogen-bond acceptors (Lipinski definition) is 9. The van der Waals surface area contributed by atoms with Crippen molar-refractivity contribution in [1.29, 1.82) is 0 Å². The summed E-state index contributed by atoms with van der Waals surface area (Å²) in [4.78, 5) is 12.6. The van der Waals surface area contributed by atoms with Crippen molar-refractivity contribution in [3.63, 3.8) is 0 Å². The Bertz CT molecular complexity index is 1260. The lowest BCUT2D eigenvalue weighted by Crippen LogP contribution is -2.22. The lowest BCUT2D eigenvalue weighted by atomic mass is 10.1. The Kier molecular flexibility index (Phi) is 5.88. The predicted molar refractivity (Wildman–Crippen MR) is 115 cm³/mol. The molecule has 0 aliphatic carbocycles. The molecule has 0 spiro atoms. The first kappa shape index (κ1) is 20.7. The number of amides is 1. The molecule has 32 heavy (non-hydrogen) atoms. The number of aryl methyl sites for hydroxylation is 2. The molecule has 0 aliphatic rings. The minimum atomic E-state index is -0.538. The van der Waals surface area contributed by atoms with Gasteiger partial charge in [-0.15, -0.1) is 5.10 Å². The van der Waals surface area contributed by atoms with Gasteiger partial charge in [0.2, 0.25) is 11.6 Å². The van der Waals surface area contributed by atoms with Crippen molar-refractivity contribution in [2.75, 3.05) is 5.73 Å². The van der Waals surface area contributed by atoms with Crippen molar-refractivity contribution in [2.45, 2.75) is 20.5 Å². The van der Waals surface area contributed by atoms with Crippen LogP contribution in [0.3, 0.4) is 0 Å². The van der Waals surface area contributed by atoms with E-state index in [4.69, 9.17) is 10.5 Å². The lowest BCUT2D eigenvalue weighted by Gasteiger charge is -2.08. The number of nitrogens with one attached hydrogen (secondary N) is 1. The first-order chi connectivity index (χ1) is 15.5. The van der Waals surface area contributed by atoms with Gasteiger partial charge in [0.1, 0.15) is 12.4 Å². The second-order valence-corrected chi connectivity index (χ2v) is 6.89. The highest BCUT2D eigenvalue weighted by atomic mass is 16.6. The van der Waals surface area contributed by atoms with Crippen molar-refractivity contribution >= 4 is 17.9 Å². The summed E-state index contributed by atoms with van der Waals surface area (Å²) in [7, 11) is 0. The molecule has 0 atom stereocenters. The number of nitrogens with zero attached hydrogens (tertiary/aromatic N) is 6. The Morgan fingerprint density at radius 1 is 1.19 bits per heavy atom. The maximum Gasteiger partial charge on any atom is 0.292 e. The van der Waals surface area contributed by atoms with E-state index in [9.17, 15) is 4.79 Å². The van der Waals surface area contributed by atoms with Crippen LogP contribution in [0.4, 0.5) is 5.82 Å². The van der Waals surface area contributed by atoms with Crippen LogP contribution in [-0.2, 0) is 6.61 Å². The summed E-state index contributed by atoms with van der Waals surface area (Å²) < 4.78 is 11.5. The smallest absolute Gasteiger partial charge is 0.292 e. The molecular weight excluding hydrogens is 412 g/mol. The van der Waals surface area contributed by atoms with Gasteiger partial charge in [-0.25, -0.2) is 10.1 Å². The number of benzene rings is 2. The van der Waals surface area contributed by atoms with Gasteiger partial charge >= 0.3 is 0 Å². The zero-order valence-electron chi connectivity index (χ0n) is 17.4. The van der Waals surface area contributed by atoms with E-state index in [0.29, 0.717) is 12.3 Å². The van der Waals surface area contributed by atoms with Gasteiger partial charge in [-0.3, -0.25) is 4.79 Å². The van der Waals surface area contributed by atoms with Crippen molar-refractivity contribution < 1.29 is 14.2 Å². The predicted octanol–water partition coefficient (Wildman–Crippen LogP) is 2.19. The van der Waals surface area contributed by atoms with E-state index in [2.05, 4.69) is 48.8 Å². The summed E-state index contributed by atoms with van der Waals surface area (Å²) in [6.45, 7) is 4.17. The topological polar surface area (TPSA) is 146 Å². The number of aromatic nitrogens is 5. The SMILES string of the molecule is Cc1ccccc1COc1ccc(/C=N/NC(=O)c2c(C)nnn2-c2nonc2N)cc1. The van der Waals surface area contributed by atoms with E-state index >= 15 is 0 Å². The Morgan fingerprint density at radius 2 is 1.97 bits per heavy atom. The van der Waals surface area contributed by atoms with Crippen molar-refractivity contribution in [3.05, 3.63) is 76.6 Å². The quantitative estimate of drug-likeness (QED) is 0.334. The van der Waals surface area contributed by atoms with Gasteiger partial charge in [0.25, 0.3) is 5.91 Å². The minimum Gasteiger partial charge on any atom is -0.489 e. The molecule has 2 aromatic heterocycles. The lowest BCUT2D eigenvalue weighted by molar-refractivity contribution is 0.0946. The van der Waals surface area contributed by atoms with Gasteiger partial charge < -0.3 is 10.5 Å². The molecule has 0 aliphatic heterocycles. The van der Waals surface area contributed by atoms with Gasteiger partial charge in [0.15, 0.2) is 5.69 Å². The number of rotatable bonds is 7. The van der Waals surface area contributed by atoms with Crippen molar-refractivity contribution in [3.8, 4) is 11.6 Å². The Balaban J connectivity index is 1.37. The molecule has 0 fully saturated rings. The summed E-state index contributed by atoms with van der Waals surface area (Å²) in [5.74, 6) is 0.251. The molecule has 1 amide bonds. The molecule has 0 unspecified atom stereocenters. The molecule has 11 heteroatoms. The van der Waals surface area contributed by atoms with Crippen LogP contribution < -0.4 is 15.9 Å². The number of hydrogen-bond donors (Lipinski definition) is 2. The average molecular weight is 432 g/mol. The summed E-state index contributed by atoms with van der Waals surface area (Å²) in [5, 5.41) is 18.8. The van der Waals surface area contributed by atoms with Gasteiger partial charge in [0, 0.05) is 0 Å². The molecule has 2 aromatic carbocycles. The van der Waals surface area contributed by atoms with E-state index in [1.807, 2.05) is 42.5 Å². The number of ether oxygens (including phenoxy) is 1. The molecule has 3 N–H and O–H groups in total. The van der Waals surface area contributed by atoms with Crippen LogP contribution in [0.15, 0.2) is 58.3 Å². The van der Waals surface area contributed by atoms with Gasteiger partial charge in [-0.05, 0) is 65.1 Å². The average Bonchev–Trinajstić information content (AvgIpc) is 3.39. The first-order valence-corrected chi connectivity index (χ1v) is 9.64. The minimum absolute atomic E-state index is 0.0165. The van der Waals surface area contributed by atoms with Crippen LogP contribution in [-0.4, -0.2) is 37.4 Å². The Labute approximate surface area is 182 Å². The molecule has 11 nitrogen and oxygen atoms in total. The molecule has 4 rings (SSSR count). The first-order valence-electron chi connectivity index (χ1n) is 9.64. The van der Waals surface area contributed by atoms with Crippen LogP contribution in [0.1, 0.15) is 32.9 Å². The number of nitrogens with two attached hydrogens (primary N) is 1. The fraction of sp³-hybridized carbons (Fsp3) is 0.143. The van der Waals surface area contributed by atoms with E-state index in [1.165, 1.54) is 11.8 Å². The number of hydrazone groups is 1. The third-order valence-corrected chi connectivity index (χ3v) is 4.67. The maximum atomic E-state index is 12.6. The Morgan fingerprint density at radius 3 is 2.69 bits per heavy atom. The van der Waals surface area contributed by atoms with Gasteiger partial charge in [-0.2, -0.15) is 9.78 Å². The van der Waals surface area contributed by atoms with E-state index in [-0.39, 0.29) is 17.3 Å². The van der Waals surface area contributed by atoms with E-state index in [1.54, 1.807) is 6.92 Å². The van der Waals surface area contributed by atoms with Gasteiger partial charge in [-0.1, -0.05) is 29.5 Å². The largest absolute Gasteiger partial charge is 0.489 e. The third-order valence-electron chi connectivity index (χ3n) is 4.67. The van der Waals surface area contributed by atoms with Crippen LogP contribution in [0.25, 0.3) is 5.82 Å². The molecule has 2 heterocycles. The van der Waals surface area contributed by atoms with E-state index in [0.717, 1.165) is 21.6 Å². The molecule has 4 aromatic rings. The molecule has 0 saturated heterocycles. The van der Waals surface area contributed by atoms with Crippen LogP contribution in [0, 0.1) is 13.8 Å². The highest BCUT2D eigenvalue weighted by Gasteiger charge is 2.22. The van der Waals surface area contributed by atoms with Crippen LogP contribution in [0.5, 0.6) is 5.75 Å². The standard InChI is InChI=1S/C21H20N8O3/c1-13-5-3-4-6-16(13)12-31-17-9-7-15(8-10-17)11-23-25-21(30)18-14(2)24-28-29(18)20-19(22)26-32-27-20/h3-11H,12H2,1-2H3,(H2,22,26)(H,25,30)/b23-11+. The summed E-state index contributed by atoms with van der Waals surface area (Å²) in [6, 6.07) is 15.4. The second kappa shape index (κ2) is 9.08. The number of nitrogen functional groups attached to an aromatic ring is 1. The molecule has 0 radical (unpaired) electrons. The van der Waals surface area contributed by atoms with Gasteiger partial charge in [0.05, 0.1) is 11.9 Å². The number of carbonyl (C=O) groups excluding carboxylic acids is 1. The molecular formula is C21H20N8O3. The zero-order chi connectivity index (χ0) is 22.5. The van der Waals surface area contributed by atoms with Crippen molar-refractivity contribution in [2.24, 2.45) is 5.10 Å². The van der Waals surface area contributed by atoms with Crippen LogP contribution in [0.2, 0.25) is 0 Å². The summed E-state index contributed by atoms with van der Waals surface area (Å²) >= 11 is 0. The summed E-state index contributed by atoms with van der Waals surface area (Å²) in [6.07, 6.45) is 1.51. The molecule has 0 bridgehead atoms. The fourth-order valence-electron chi connectivity index (χ4n) is 2.91. The third kappa shape index (κ3) is 4.46. The fourth-order valence-corrected chi connectivity index (χ4v) is 2.91. The highest BCUT2D eigenvalue weighted by Crippen LogP contribution is 2.16. The second-order valence-electron chi connectivity index (χ2n) is 6.89. The maximum absolute atomic E-state index is 12.6. The van der Waals surface area contributed by atoms with Crippen molar-refractivity contribution in [1.82, 2.24) is 30.7 Å². The monoisotopic (exact) mass is 432 g/mol. The highest BCUT2D eigenvalue weighted by molar-refractivity contribution is 5.94. The molecule has 0 saturated carbocycles. The number of anilines is 1. The zero-order valence-corrected chi connectivity index (χ0v) is 17.4. The summed E-state index contributed by atoms with van der Waals surface area (Å²) in [5.41, 5.74) is 11.7. The number of carbonyl (C=O) groups is 1. The van der Waals surface area contributed by atoms with E-state index < -0.39 is 5.91 Å². The van der Waals surface area contributed by atoms with Crippen LogP contribution >= 0.6 is 0 Å². The molecule has 162 valence electrons.